The van der Waals surface area contributed by atoms with E-state index in [1.54, 1.807) is 23.5 Å². The average Bonchev–Trinajstić information content (AvgIpc) is 3.11. The first kappa shape index (κ1) is 21.2. The number of rotatable bonds is 8. The molecule has 1 aromatic heterocycles. The lowest BCUT2D eigenvalue weighted by molar-refractivity contribution is -0.122. The molecule has 0 fully saturated rings. The summed E-state index contributed by atoms with van der Waals surface area (Å²) >= 11 is 1.55. The summed E-state index contributed by atoms with van der Waals surface area (Å²) in [6.07, 6.45) is 0.143. The molecule has 1 unspecified atom stereocenters. The summed E-state index contributed by atoms with van der Waals surface area (Å²) in [5.74, 6) is -1.34. The van der Waals surface area contributed by atoms with Crippen molar-refractivity contribution in [3.05, 3.63) is 87.9 Å². The van der Waals surface area contributed by atoms with Crippen LogP contribution in [0, 0.1) is 12.7 Å². The number of nitrogens with one attached hydrogen (secondary N) is 2. The minimum Gasteiger partial charge on any atom is -0.350 e. The molecule has 8 heteroatoms. The summed E-state index contributed by atoms with van der Waals surface area (Å²) in [5, 5.41) is 2.77. The second-order valence-electron chi connectivity index (χ2n) is 6.52. The third-order valence-electron chi connectivity index (χ3n) is 4.26. The minimum atomic E-state index is -4.22. The molecule has 0 saturated carbocycles. The Labute approximate surface area is 173 Å². The molecular formula is C21H21FN2O3S2. The van der Waals surface area contributed by atoms with Crippen LogP contribution in [0.5, 0.6) is 0 Å². The van der Waals surface area contributed by atoms with Crippen LogP contribution < -0.4 is 10.0 Å². The van der Waals surface area contributed by atoms with E-state index in [0.29, 0.717) is 6.54 Å². The van der Waals surface area contributed by atoms with Gasteiger partial charge in [-0.3, -0.25) is 4.79 Å². The van der Waals surface area contributed by atoms with E-state index >= 15 is 0 Å². The van der Waals surface area contributed by atoms with Crippen molar-refractivity contribution in [2.45, 2.75) is 30.8 Å². The Hall–Kier alpha value is -2.55. The first-order chi connectivity index (χ1) is 13.8. The summed E-state index contributed by atoms with van der Waals surface area (Å²) in [4.78, 5) is 14.4. The lowest BCUT2D eigenvalue weighted by Crippen LogP contribution is -2.47. The third kappa shape index (κ3) is 5.72. The van der Waals surface area contributed by atoms with E-state index in [4.69, 9.17) is 0 Å². The first-order valence-electron chi connectivity index (χ1n) is 8.99. The number of benzene rings is 2. The van der Waals surface area contributed by atoms with Crippen molar-refractivity contribution in [2.75, 3.05) is 0 Å². The topological polar surface area (TPSA) is 75.3 Å². The molecule has 152 valence electrons. The van der Waals surface area contributed by atoms with Crippen LogP contribution in [0.2, 0.25) is 0 Å². The Kier molecular flexibility index (Phi) is 6.79. The summed E-state index contributed by atoms with van der Waals surface area (Å²) < 4.78 is 41.8. The molecule has 0 radical (unpaired) electrons. The molecule has 1 atom stereocenters. The van der Waals surface area contributed by atoms with Crippen LogP contribution in [0.1, 0.15) is 15.3 Å². The molecule has 1 heterocycles. The van der Waals surface area contributed by atoms with E-state index in [9.17, 15) is 17.6 Å². The van der Waals surface area contributed by atoms with E-state index in [2.05, 4.69) is 10.0 Å². The highest BCUT2D eigenvalue weighted by Gasteiger charge is 2.27. The Morgan fingerprint density at radius 1 is 1.03 bits per heavy atom. The zero-order valence-electron chi connectivity index (χ0n) is 15.8. The molecule has 0 spiro atoms. The van der Waals surface area contributed by atoms with Crippen LogP contribution in [0.15, 0.2) is 71.6 Å². The number of halogens is 1. The average molecular weight is 433 g/mol. The normalized spacial score (nSPS) is 12.5. The van der Waals surface area contributed by atoms with Gasteiger partial charge in [0, 0.05) is 9.75 Å². The second-order valence-corrected chi connectivity index (χ2v) is 9.58. The van der Waals surface area contributed by atoms with Crippen molar-refractivity contribution in [1.82, 2.24) is 10.0 Å². The molecule has 0 aliphatic carbocycles. The number of hydrogen-bond donors (Lipinski definition) is 2. The Bertz CT molecular complexity index is 1080. The molecule has 3 aromatic rings. The molecular weight excluding hydrogens is 411 g/mol. The zero-order chi connectivity index (χ0) is 20.9. The van der Waals surface area contributed by atoms with Crippen molar-refractivity contribution in [2.24, 2.45) is 0 Å². The predicted octanol–water partition coefficient (Wildman–Crippen LogP) is 3.40. The monoisotopic (exact) mass is 432 g/mol. The molecule has 29 heavy (non-hydrogen) atoms. The van der Waals surface area contributed by atoms with Gasteiger partial charge in [-0.25, -0.2) is 12.8 Å². The van der Waals surface area contributed by atoms with Crippen molar-refractivity contribution in [1.29, 1.82) is 0 Å². The summed E-state index contributed by atoms with van der Waals surface area (Å²) in [6.45, 7) is 2.26. The third-order valence-corrected chi connectivity index (χ3v) is 6.76. The number of amides is 1. The van der Waals surface area contributed by atoms with Gasteiger partial charge in [0.15, 0.2) is 0 Å². The highest BCUT2D eigenvalue weighted by Crippen LogP contribution is 2.16. The van der Waals surface area contributed by atoms with Crippen LogP contribution in [0.25, 0.3) is 0 Å². The van der Waals surface area contributed by atoms with Crippen molar-refractivity contribution >= 4 is 27.3 Å². The van der Waals surface area contributed by atoms with Crippen molar-refractivity contribution in [3.63, 3.8) is 0 Å². The van der Waals surface area contributed by atoms with E-state index in [1.165, 1.54) is 18.2 Å². The van der Waals surface area contributed by atoms with Gasteiger partial charge in [-0.15, -0.1) is 11.3 Å². The zero-order valence-corrected chi connectivity index (χ0v) is 17.4. The Balaban J connectivity index is 1.80. The highest BCUT2D eigenvalue weighted by molar-refractivity contribution is 7.89. The van der Waals surface area contributed by atoms with Crippen LogP contribution >= 0.6 is 11.3 Å². The summed E-state index contributed by atoms with van der Waals surface area (Å²) in [6, 6.07) is 16.9. The van der Waals surface area contributed by atoms with Gasteiger partial charge in [0.2, 0.25) is 15.9 Å². The quantitative estimate of drug-likeness (QED) is 0.573. The van der Waals surface area contributed by atoms with Crippen LogP contribution in [0.4, 0.5) is 4.39 Å². The number of sulfonamides is 1. The van der Waals surface area contributed by atoms with Gasteiger partial charge in [-0.2, -0.15) is 4.72 Å². The van der Waals surface area contributed by atoms with E-state index in [0.717, 1.165) is 21.4 Å². The molecule has 0 aliphatic heterocycles. The molecule has 1 amide bonds. The second kappa shape index (κ2) is 9.30. The molecule has 2 N–H and O–H groups in total. The van der Waals surface area contributed by atoms with Crippen LogP contribution in [-0.4, -0.2) is 20.4 Å². The van der Waals surface area contributed by atoms with Gasteiger partial charge in [0.05, 0.1) is 6.54 Å². The Morgan fingerprint density at radius 3 is 2.38 bits per heavy atom. The van der Waals surface area contributed by atoms with Crippen LogP contribution in [-0.2, 0) is 27.8 Å². The van der Waals surface area contributed by atoms with Gasteiger partial charge in [-0.05, 0) is 43.2 Å². The van der Waals surface area contributed by atoms with Crippen molar-refractivity contribution in [3.8, 4) is 0 Å². The molecule has 0 saturated heterocycles. The van der Waals surface area contributed by atoms with E-state index in [1.807, 2.05) is 37.3 Å². The van der Waals surface area contributed by atoms with Crippen LogP contribution in [0.3, 0.4) is 0 Å². The highest BCUT2D eigenvalue weighted by atomic mass is 32.2. The van der Waals surface area contributed by atoms with Gasteiger partial charge in [0.25, 0.3) is 0 Å². The largest absolute Gasteiger partial charge is 0.350 e. The van der Waals surface area contributed by atoms with Gasteiger partial charge in [0.1, 0.15) is 16.8 Å². The molecule has 2 aromatic carbocycles. The van der Waals surface area contributed by atoms with Gasteiger partial charge < -0.3 is 5.32 Å². The SMILES string of the molecule is Cc1ccc(CNC(=O)C(Cc2ccccc2)NS(=O)(=O)c2ccccc2F)s1. The molecule has 0 bridgehead atoms. The lowest BCUT2D eigenvalue weighted by Gasteiger charge is -2.19. The fourth-order valence-electron chi connectivity index (χ4n) is 2.83. The maximum Gasteiger partial charge on any atom is 0.244 e. The lowest BCUT2D eigenvalue weighted by atomic mass is 10.1. The fourth-order valence-corrected chi connectivity index (χ4v) is 4.93. The van der Waals surface area contributed by atoms with E-state index < -0.39 is 32.7 Å². The van der Waals surface area contributed by atoms with Gasteiger partial charge in [-0.1, -0.05) is 42.5 Å². The number of carbonyl (C=O) groups excluding carboxylic acids is 1. The Morgan fingerprint density at radius 2 is 1.72 bits per heavy atom. The maximum atomic E-state index is 14.0. The molecule has 0 aliphatic rings. The minimum absolute atomic E-state index is 0.143. The van der Waals surface area contributed by atoms with Gasteiger partial charge >= 0.3 is 0 Å². The number of hydrogen-bond acceptors (Lipinski definition) is 4. The number of aryl methyl sites for hydroxylation is 1. The van der Waals surface area contributed by atoms with Crippen molar-refractivity contribution < 1.29 is 17.6 Å². The summed E-state index contributed by atoms with van der Waals surface area (Å²) in [5.41, 5.74) is 0.788. The predicted molar refractivity (Wildman–Crippen MR) is 112 cm³/mol. The summed E-state index contributed by atoms with van der Waals surface area (Å²) in [7, 11) is -4.22. The number of carbonyl (C=O) groups is 1. The molecule has 3 rings (SSSR count). The number of thiophene rings is 1. The van der Waals surface area contributed by atoms with E-state index in [-0.39, 0.29) is 6.42 Å². The standard InChI is InChI=1S/C21H21FN2O3S2/c1-15-11-12-17(28-15)14-23-21(25)19(13-16-7-3-2-4-8-16)24-29(26,27)20-10-6-5-9-18(20)22/h2-12,19,24H,13-14H2,1H3,(H,23,25). The maximum absolute atomic E-state index is 14.0. The fraction of sp³-hybridized carbons (Fsp3) is 0.190. The molecule has 5 nitrogen and oxygen atoms in total. The smallest absolute Gasteiger partial charge is 0.244 e. The first-order valence-corrected chi connectivity index (χ1v) is 11.3.